The Morgan fingerprint density at radius 3 is 2.45 bits per heavy atom. The molecule has 0 amide bonds. The van der Waals surface area contributed by atoms with E-state index in [-0.39, 0.29) is 12.8 Å². The molecule has 1 rings (SSSR count). The Hall–Kier alpha value is -1.85. The molecule has 0 radical (unpaired) electrons. The molecule has 0 saturated heterocycles. The van der Waals surface area contributed by atoms with E-state index in [2.05, 4.69) is 0 Å². The van der Waals surface area contributed by atoms with Gasteiger partial charge in [-0.25, -0.2) is 4.79 Å². The molecule has 3 nitrogen and oxygen atoms in total. The summed E-state index contributed by atoms with van der Waals surface area (Å²) in [6.07, 6.45) is -4.93. The number of aryl methyl sites for hydroxylation is 1. The van der Waals surface area contributed by atoms with Crippen LogP contribution in [0.4, 0.5) is 13.2 Å². The van der Waals surface area contributed by atoms with E-state index in [9.17, 15) is 22.8 Å². The first-order valence-electron chi connectivity index (χ1n) is 6.10. The van der Waals surface area contributed by atoms with Gasteiger partial charge in [0.1, 0.15) is 0 Å². The van der Waals surface area contributed by atoms with E-state index in [1.807, 2.05) is 0 Å². The Labute approximate surface area is 114 Å². The number of ketones is 1. The SMILES string of the molecule is CC(C)OC(=O)C(=O)CCc1cccc(C(F)(F)F)c1. The van der Waals surface area contributed by atoms with Crippen molar-refractivity contribution in [3.05, 3.63) is 35.4 Å². The van der Waals surface area contributed by atoms with Gasteiger partial charge in [0.2, 0.25) is 5.78 Å². The van der Waals surface area contributed by atoms with Gasteiger partial charge in [-0.3, -0.25) is 4.79 Å². The van der Waals surface area contributed by atoms with Crippen molar-refractivity contribution in [2.75, 3.05) is 0 Å². The summed E-state index contributed by atoms with van der Waals surface area (Å²) in [5.74, 6) is -1.69. The molecule has 0 heterocycles. The molecule has 0 saturated carbocycles. The van der Waals surface area contributed by atoms with Crippen LogP contribution in [0.15, 0.2) is 24.3 Å². The molecular formula is C14H15F3O3. The topological polar surface area (TPSA) is 43.4 Å². The molecule has 0 aliphatic carbocycles. The number of halogens is 3. The van der Waals surface area contributed by atoms with Crippen LogP contribution < -0.4 is 0 Å². The summed E-state index contributed by atoms with van der Waals surface area (Å²) in [6.45, 7) is 3.22. The van der Waals surface area contributed by atoms with E-state index in [4.69, 9.17) is 4.74 Å². The van der Waals surface area contributed by atoms with Gasteiger partial charge in [-0.2, -0.15) is 13.2 Å². The monoisotopic (exact) mass is 288 g/mol. The van der Waals surface area contributed by atoms with Crippen LogP contribution in [0.3, 0.4) is 0 Å². The average Bonchev–Trinajstić information content (AvgIpc) is 2.34. The maximum Gasteiger partial charge on any atom is 0.416 e. The Morgan fingerprint density at radius 1 is 1.25 bits per heavy atom. The molecule has 1 aromatic rings. The third kappa shape index (κ3) is 5.03. The summed E-state index contributed by atoms with van der Waals surface area (Å²) in [5.41, 5.74) is -0.419. The van der Waals surface area contributed by atoms with Crippen LogP contribution in [-0.4, -0.2) is 17.9 Å². The van der Waals surface area contributed by atoms with Crippen molar-refractivity contribution in [2.24, 2.45) is 0 Å². The lowest BCUT2D eigenvalue weighted by atomic mass is 10.0. The largest absolute Gasteiger partial charge is 0.457 e. The number of rotatable bonds is 5. The fraction of sp³-hybridized carbons (Fsp3) is 0.429. The summed E-state index contributed by atoms with van der Waals surface area (Å²) < 4.78 is 42.2. The molecule has 1 aromatic carbocycles. The molecule has 20 heavy (non-hydrogen) atoms. The molecule has 0 spiro atoms. The first-order valence-corrected chi connectivity index (χ1v) is 6.10. The van der Waals surface area contributed by atoms with Gasteiger partial charge in [-0.1, -0.05) is 18.2 Å². The maximum atomic E-state index is 12.5. The number of Topliss-reactive ketones (excluding diaryl/α,β-unsaturated/α-hetero) is 1. The van der Waals surface area contributed by atoms with E-state index in [1.165, 1.54) is 12.1 Å². The van der Waals surface area contributed by atoms with Crippen molar-refractivity contribution in [2.45, 2.75) is 39.0 Å². The molecule has 0 aromatic heterocycles. The first-order chi connectivity index (χ1) is 9.20. The smallest absolute Gasteiger partial charge is 0.416 e. The lowest BCUT2D eigenvalue weighted by molar-refractivity contribution is -0.156. The second kappa shape index (κ2) is 6.54. The fourth-order valence-corrected chi connectivity index (χ4v) is 1.54. The molecule has 0 N–H and O–H groups in total. The standard InChI is InChI=1S/C14H15F3O3/c1-9(2)20-13(19)12(18)7-6-10-4-3-5-11(8-10)14(15,16)17/h3-5,8-9H,6-7H2,1-2H3. The minimum atomic E-state index is -4.42. The summed E-state index contributed by atoms with van der Waals surface area (Å²) in [7, 11) is 0. The van der Waals surface area contributed by atoms with Gasteiger partial charge in [0.05, 0.1) is 11.7 Å². The van der Waals surface area contributed by atoms with Crippen LogP contribution in [0.2, 0.25) is 0 Å². The number of carbonyl (C=O) groups is 2. The molecule has 0 aliphatic heterocycles. The Bertz CT molecular complexity index is 493. The van der Waals surface area contributed by atoms with Crippen molar-refractivity contribution in [3.63, 3.8) is 0 Å². The maximum absolute atomic E-state index is 12.5. The van der Waals surface area contributed by atoms with E-state index >= 15 is 0 Å². The number of benzene rings is 1. The van der Waals surface area contributed by atoms with E-state index < -0.39 is 29.6 Å². The third-order valence-electron chi connectivity index (χ3n) is 2.47. The third-order valence-corrected chi connectivity index (χ3v) is 2.47. The minimum absolute atomic E-state index is 0.0654. The molecule has 0 atom stereocenters. The molecular weight excluding hydrogens is 273 g/mol. The van der Waals surface area contributed by atoms with E-state index in [0.29, 0.717) is 5.56 Å². The highest BCUT2D eigenvalue weighted by Gasteiger charge is 2.30. The van der Waals surface area contributed by atoms with Crippen molar-refractivity contribution in [3.8, 4) is 0 Å². The van der Waals surface area contributed by atoms with Gasteiger partial charge in [0.15, 0.2) is 0 Å². The zero-order valence-corrected chi connectivity index (χ0v) is 11.2. The van der Waals surface area contributed by atoms with E-state index in [0.717, 1.165) is 12.1 Å². The molecule has 0 bridgehead atoms. The molecule has 0 unspecified atom stereocenters. The number of carbonyl (C=O) groups excluding carboxylic acids is 2. The number of hydrogen-bond acceptors (Lipinski definition) is 3. The lowest BCUT2D eigenvalue weighted by Crippen LogP contribution is -2.21. The highest BCUT2D eigenvalue weighted by molar-refractivity contribution is 6.33. The first kappa shape index (κ1) is 16.2. The summed E-state index contributed by atoms with van der Waals surface area (Å²) in [5, 5.41) is 0. The Morgan fingerprint density at radius 2 is 1.90 bits per heavy atom. The summed E-state index contributed by atoms with van der Waals surface area (Å²) in [6, 6.07) is 4.69. The van der Waals surface area contributed by atoms with Crippen LogP contribution in [-0.2, 0) is 26.9 Å². The zero-order valence-electron chi connectivity index (χ0n) is 11.2. The minimum Gasteiger partial charge on any atom is -0.457 e. The van der Waals surface area contributed by atoms with Gasteiger partial charge in [-0.05, 0) is 31.9 Å². The number of alkyl halides is 3. The van der Waals surface area contributed by atoms with Gasteiger partial charge in [0, 0.05) is 6.42 Å². The molecule has 110 valence electrons. The fourth-order valence-electron chi connectivity index (χ4n) is 1.54. The average molecular weight is 288 g/mol. The van der Waals surface area contributed by atoms with Gasteiger partial charge in [-0.15, -0.1) is 0 Å². The van der Waals surface area contributed by atoms with Gasteiger partial charge < -0.3 is 4.74 Å². The van der Waals surface area contributed by atoms with Gasteiger partial charge >= 0.3 is 12.1 Å². The second-order valence-electron chi connectivity index (χ2n) is 4.58. The zero-order chi connectivity index (χ0) is 15.3. The molecule has 6 heteroatoms. The molecule has 0 aliphatic rings. The highest BCUT2D eigenvalue weighted by atomic mass is 19.4. The van der Waals surface area contributed by atoms with Crippen molar-refractivity contribution in [1.82, 2.24) is 0 Å². The number of hydrogen-bond donors (Lipinski definition) is 0. The van der Waals surface area contributed by atoms with E-state index in [1.54, 1.807) is 13.8 Å². The van der Waals surface area contributed by atoms with Gasteiger partial charge in [0.25, 0.3) is 0 Å². The molecule has 0 fully saturated rings. The Balaban J connectivity index is 2.62. The highest BCUT2D eigenvalue weighted by Crippen LogP contribution is 2.29. The number of ether oxygens (including phenoxy) is 1. The normalized spacial score (nSPS) is 11.5. The van der Waals surface area contributed by atoms with Crippen molar-refractivity contribution < 1.29 is 27.5 Å². The lowest BCUT2D eigenvalue weighted by Gasteiger charge is -2.09. The second-order valence-corrected chi connectivity index (χ2v) is 4.58. The Kier molecular flexibility index (Phi) is 5.30. The van der Waals surface area contributed by atoms with Crippen LogP contribution >= 0.6 is 0 Å². The van der Waals surface area contributed by atoms with Crippen molar-refractivity contribution in [1.29, 1.82) is 0 Å². The summed E-state index contributed by atoms with van der Waals surface area (Å²) >= 11 is 0. The van der Waals surface area contributed by atoms with Crippen LogP contribution in [0.5, 0.6) is 0 Å². The summed E-state index contributed by atoms with van der Waals surface area (Å²) in [4.78, 5) is 22.7. The van der Waals surface area contributed by atoms with Crippen LogP contribution in [0.1, 0.15) is 31.4 Å². The predicted molar refractivity (Wildman–Crippen MR) is 66.0 cm³/mol. The van der Waals surface area contributed by atoms with Crippen LogP contribution in [0, 0.1) is 0 Å². The quantitative estimate of drug-likeness (QED) is 0.617. The van der Waals surface area contributed by atoms with Crippen LogP contribution in [0.25, 0.3) is 0 Å². The predicted octanol–water partition coefficient (Wildman–Crippen LogP) is 3.16. The van der Waals surface area contributed by atoms with Crippen molar-refractivity contribution >= 4 is 11.8 Å². The number of esters is 1.